The minimum atomic E-state index is -1.41. The van der Waals surface area contributed by atoms with Crippen LogP contribution in [0.5, 0.6) is 0 Å². The first kappa shape index (κ1) is 83.1. The van der Waals surface area contributed by atoms with E-state index >= 15 is 0 Å². The SMILES string of the molecule is CC(C)(OC(=O)CCCNC(=O)OC[C@]1(C)CC2/C(=C\c3cc(C(=O)NCCNC(=O)OC(C)(C)c4ccc(-c5ccccc5)cc4)ccn3)C(=O)N2[C@H]1C(=O)OC(c1ccccc1)c1ccccc1)c1ccc(-c2ccccc2)cc1.C[C@@]1(COC(=O)NCC[NH3+])CC2/C(=C\c3cc(C(=O)NCCN)ccn3)C(=O)N2[C@H]1C(=O)[O-]. The number of pyridine rings is 2. The monoisotopic (exact) mass is 1560 g/mol. The van der Waals surface area contributed by atoms with Gasteiger partial charge in [-0.3, -0.25) is 33.9 Å². The van der Waals surface area contributed by atoms with Crippen LogP contribution >= 0.6 is 0 Å². The van der Waals surface area contributed by atoms with Gasteiger partial charge in [0.25, 0.3) is 23.6 Å². The fraction of sp³-hybridized carbons (Fsp3) is 0.318. The molecule has 27 nitrogen and oxygen atoms in total. The number of hydrogen-bond acceptors (Lipinski definition) is 19. The molecule has 0 spiro atoms. The van der Waals surface area contributed by atoms with E-state index in [1.807, 2.05) is 184 Å². The first-order valence-electron chi connectivity index (χ1n) is 38.1. The molecule has 6 aromatic carbocycles. The molecule has 4 aliphatic rings. The van der Waals surface area contributed by atoms with Crippen LogP contribution in [0.2, 0.25) is 0 Å². The molecule has 10 N–H and O–H groups in total. The highest BCUT2D eigenvalue weighted by Gasteiger charge is 2.64. The van der Waals surface area contributed by atoms with Gasteiger partial charge in [-0.2, -0.15) is 0 Å². The number of quaternary nitrogens is 1. The Morgan fingerprint density at radius 1 is 0.530 bits per heavy atom. The van der Waals surface area contributed by atoms with E-state index in [1.54, 1.807) is 52.0 Å². The number of carboxylic acids is 1. The summed E-state index contributed by atoms with van der Waals surface area (Å²) in [6.45, 7) is 12.0. The van der Waals surface area contributed by atoms with Crippen LogP contribution in [0.3, 0.4) is 0 Å². The van der Waals surface area contributed by atoms with Crippen LogP contribution in [0.15, 0.2) is 218 Å². The summed E-state index contributed by atoms with van der Waals surface area (Å²) in [6.07, 6.45) is 3.97. The number of nitrogens with one attached hydrogen (secondary N) is 5. The highest BCUT2D eigenvalue weighted by Crippen LogP contribution is 2.52. The van der Waals surface area contributed by atoms with Gasteiger partial charge in [0.05, 0.1) is 48.6 Å². The second-order valence-electron chi connectivity index (χ2n) is 30.0. The summed E-state index contributed by atoms with van der Waals surface area (Å²) >= 11 is 0. The maximum atomic E-state index is 14.7. The van der Waals surface area contributed by atoms with E-state index in [2.05, 4.69) is 42.3 Å². The summed E-state index contributed by atoms with van der Waals surface area (Å²) in [5.41, 5.74) is 14.5. The zero-order valence-corrected chi connectivity index (χ0v) is 65.0. The van der Waals surface area contributed by atoms with E-state index in [0.29, 0.717) is 54.3 Å². The van der Waals surface area contributed by atoms with Gasteiger partial charge in [-0.05, 0) is 128 Å². The van der Waals surface area contributed by atoms with Crippen LogP contribution < -0.4 is 43.2 Å². The van der Waals surface area contributed by atoms with Gasteiger partial charge in [0, 0.05) is 84.6 Å². The molecule has 12 rings (SSSR count). The van der Waals surface area contributed by atoms with E-state index in [-0.39, 0.29) is 70.0 Å². The Bertz CT molecular complexity index is 4860. The molecule has 115 heavy (non-hydrogen) atoms. The van der Waals surface area contributed by atoms with Crippen molar-refractivity contribution in [3.05, 3.63) is 262 Å². The number of aromatic nitrogens is 2. The van der Waals surface area contributed by atoms with Crippen LogP contribution in [0.1, 0.15) is 128 Å². The number of β-lactam (4-membered cyclic amide) rings is 2. The number of rotatable bonds is 30. The minimum absolute atomic E-state index is 0.0409. The fourth-order valence-electron chi connectivity index (χ4n) is 14.6. The van der Waals surface area contributed by atoms with Gasteiger partial charge in [0.1, 0.15) is 30.5 Å². The van der Waals surface area contributed by atoms with E-state index < -0.39 is 106 Å². The topological polar surface area (TPSA) is 386 Å². The highest BCUT2D eigenvalue weighted by atomic mass is 16.6. The molecule has 27 heteroatoms. The largest absolute Gasteiger partial charge is 0.548 e. The van der Waals surface area contributed by atoms with E-state index in [4.69, 9.17) is 29.4 Å². The number of esters is 2. The number of amides is 7. The molecule has 7 amide bonds. The summed E-state index contributed by atoms with van der Waals surface area (Å²) in [4.78, 5) is 142. The zero-order chi connectivity index (χ0) is 82.0. The Morgan fingerprint density at radius 2 is 0.939 bits per heavy atom. The van der Waals surface area contributed by atoms with Crippen molar-refractivity contribution in [2.45, 2.75) is 109 Å². The van der Waals surface area contributed by atoms with Crippen LogP contribution in [0, 0.1) is 10.8 Å². The van der Waals surface area contributed by atoms with Gasteiger partial charge in [0.2, 0.25) is 0 Å². The summed E-state index contributed by atoms with van der Waals surface area (Å²) in [5, 5.41) is 25.3. The van der Waals surface area contributed by atoms with Crippen molar-refractivity contribution < 1.29 is 82.5 Å². The number of aliphatic carboxylic acids is 1. The predicted octanol–water partition coefficient (Wildman–Crippen LogP) is 8.36. The van der Waals surface area contributed by atoms with Crippen molar-refractivity contribution in [3.8, 4) is 22.3 Å². The van der Waals surface area contributed by atoms with Gasteiger partial charge in [-0.1, -0.05) is 184 Å². The molecule has 0 saturated carbocycles. The molecule has 6 atom stereocenters. The third-order valence-corrected chi connectivity index (χ3v) is 20.7. The molecule has 4 saturated heterocycles. The molecule has 8 aromatic rings. The molecule has 6 heterocycles. The lowest BCUT2D eigenvalue weighted by atomic mass is 9.81. The number of carbonyl (C=O) groups excluding carboxylic acids is 10. The molecular formula is C88H95N11O16. The lowest BCUT2D eigenvalue weighted by molar-refractivity contribution is -0.364. The highest BCUT2D eigenvalue weighted by molar-refractivity contribution is 6.09. The van der Waals surface area contributed by atoms with Gasteiger partial charge >= 0.3 is 30.2 Å². The summed E-state index contributed by atoms with van der Waals surface area (Å²) in [7, 11) is 0. The number of fused-ring (bicyclic) bond motifs is 2. The lowest BCUT2D eigenvalue weighted by Gasteiger charge is -2.42. The van der Waals surface area contributed by atoms with Crippen molar-refractivity contribution in [1.29, 1.82) is 0 Å². The van der Waals surface area contributed by atoms with E-state index in [0.717, 1.165) is 44.5 Å². The molecule has 4 aliphatic heterocycles. The zero-order valence-electron chi connectivity index (χ0n) is 65.0. The summed E-state index contributed by atoms with van der Waals surface area (Å²) < 4.78 is 29.0. The predicted molar refractivity (Wildman–Crippen MR) is 424 cm³/mol. The Balaban J connectivity index is 0.000000329. The minimum Gasteiger partial charge on any atom is -0.548 e. The number of nitrogens with two attached hydrogens (primary N) is 1. The molecule has 2 aromatic heterocycles. The smallest absolute Gasteiger partial charge is 0.408 e. The number of nitrogens with zero attached hydrogens (tertiary/aromatic N) is 4. The van der Waals surface area contributed by atoms with Crippen LogP contribution in [-0.2, 0) is 58.9 Å². The molecule has 2 unspecified atom stereocenters. The number of alkyl carbamates (subject to hydrolysis) is 3. The molecule has 0 radical (unpaired) electrons. The average molecular weight is 1560 g/mol. The number of carboxylic acid groups (broad SMARTS) is 1. The van der Waals surface area contributed by atoms with Crippen LogP contribution in [0.4, 0.5) is 14.4 Å². The van der Waals surface area contributed by atoms with Gasteiger partial charge in [0.15, 0.2) is 6.10 Å². The Labute approximate surface area is 666 Å². The number of carbonyl (C=O) groups is 10. The summed E-state index contributed by atoms with van der Waals surface area (Å²) in [6, 6.07) is 57.0. The van der Waals surface area contributed by atoms with Crippen LogP contribution in [-0.4, -0.2) is 163 Å². The van der Waals surface area contributed by atoms with Crippen molar-refractivity contribution >= 4 is 72.0 Å². The van der Waals surface area contributed by atoms with Crippen molar-refractivity contribution in [3.63, 3.8) is 0 Å². The maximum Gasteiger partial charge on any atom is 0.408 e. The standard InChI is InChI=1S/C67H67N5O10.C21H28N6O6/c1-65(2,52-32-28-47(29-33-52)45-19-10-6-11-20-45)81-57(73)27-18-37-70-63(77)79-44-67(5)43-56-55(61(75)72(56)59(67)62(76)80-58(49-23-14-8-15-24-49)50-25-16-9-17-26-50)42-54-41-51(36-38-68-54)60(74)69-39-40-71-64(78)82-66(3,4)53-34-30-48(31-35-53)46-21-12-7-13-22-46;1-21(11-33-20(32)26-7-4-23)10-15-14(18(29)27(15)16(21)19(30)31)9-13-8-12(2-5-24-13)17(28)25-6-3-22/h6-17,19-26,28-36,38,41-42,56,58-59H,18,27,37,39-40,43-44H2,1-5H3,(H,69,74)(H,70,77)(H,71,78);2,5,8-9,15-16H,3-4,6-7,10-11,22-23H2,1H3,(H,25,28)(H,26,32)(H,30,31)/b55-42+;14-9+/t56?,59-,67-;15?,16-,21-/m00/s1. The first-order valence-corrected chi connectivity index (χ1v) is 38.1. The maximum absolute atomic E-state index is 14.7. The van der Waals surface area contributed by atoms with E-state index in [1.165, 1.54) is 34.3 Å². The molecule has 598 valence electrons. The molecule has 0 aliphatic carbocycles. The van der Waals surface area contributed by atoms with Gasteiger partial charge in [-0.25, -0.2) is 19.2 Å². The third kappa shape index (κ3) is 20.3. The second kappa shape index (κ2) is 37.2. The Morgan fingerprint density at radius 3 is 1.40 bits per heavy atom. The third-order valence-electron chi connectivity index (χ3n) is 20.7. The van der Waals surface area contributed by atoms with Crippen molar-refractivity contribution in [2.24, 2.45) is 16.6 Å². The number of benzene rings is 6. The fourth-order valence-corrected chi connectivity index (χ4v) is 14.6. The molecular weight excluding hydrogens is 1470 g/mol. The second-order valence-corrected chi connectivity index (χ2v) is 30.0. The quantitative estimate of drug-likeness (QED) is 0.00730. The van der Waals surface area contributed by atoms with Crippen LogP contribution in [0.25, 0.3) is 34.4 Å². The number of ether oxygens (including phenoxy) is 5. The normalized spacial score (nSPS) is 19.2. The van der Waals surface area contributed by atoms with Gasteiger partial charge in [-0.15, -0.1) is 0 Å². The van der Waals surface area contributed by atoms with Gasteiger partial charge < -0.3 is 81.4 Å². The van der Waals surface area contributed by atoms with E-state index in [9.17, 15) is 53.1 Å². The van der Waals surface area contributed by atoms with Crippen molar-refractivity contribution in [2.75, 3.05) is 59.0 Å². The Kier molecular flexibility index (Phi) is 26.9. The van der Waals surface area contributed by atoms with Crippen molar-refractivity contribution in [1.82, 2.24) is 46.4 Å². The number of hydrogen-bond donors (Lipinski definition) is 7. The summed E-state index contributed by atoms with van der Waals surface area (Å²) in [5.74, 6) is -4.15. The molecule has 0 bridgehead atoms. The Hall–Kier alpha value is -12.9. The first-order chi connectivity index (χ1) is 55.2. The average Bonchev–Trinajstić information content (AvgIpc) is 1.56. The lowest BCUT2D eigenvalue weighted by Crippen LogP contribution is -2.61. The molecule has 4 fully saturated rings.